The van der Waals surface area contributed by atoms with Crippen LogP contribution in [0.4, 0.5) is 0 Å². The van der Waals surface area contributed by atoms with Crippen LogP contribution < -0.4 is 5.32 Å². The summed E-state index contributed by atoms with van der Waals surface area (Å²) in [6.07, 6.45) is 9.76. The van der Waals surface area contributed by atoms with E-state index in [4.69, 9.17) is 0 Å². The van der Waals surface area contributed by atoms with E-state index in [2.05, 4.69) is 27.4 Å². The molecule has 0 amide bonds. The first-order valence-electron chi connectivity index (χ1n) is 6.50. The van der Waals surface area contributed by atoms with E-state index in [1.54, 1.807) is 6.33 Å². The predicted octanol–water partition coefficient (Wildman–Crippen LogP) is 2.43. The molecule has 1 aliphatic carbocycles. The smallest absolute Gasteiger partial charge is 0.141 e. The molecular formula is C12H22N4. The minimum absolute atomic E-state index is 0.366. The van der Waals surface area contributed by atoms with Crippen LogP contribution in [0.25, 0.3) is 0 Å². The summed E-state index contributed by atoms with van der Waals surface area (Å²) in [7, 11) is 0. The number of H-pyrrole nitrogens is 1. The Labute approximate surface area is 97.2 Å². The highest BCUT2D eigenvalue weighted by Crippen LogP contribution is 2.31. The lowest BCUT2D eigenvalue weighted by atomic mass is 9.91. The molecule has 0 saturated heterocycles. The molecule has 90 valence electrons. The fourth-order valence-electron chi connectivity index (χ4n) is 2.72. The molecule has 0 aliphatic heterocycles. The van der Waals surface area contributed by atoms with Crippen molar-refractivity contribution in [2.75, 3.05) is 6.54 Å². The van der Waals surface area contributed by atoms with Gasteiger partial charge in [0.15, 0.2) is 0 Å². The second kappa shape index (κ2) is 5.99. The van der Waals surface area contributed by atoms with Gasteiger partial charge in [-0.05, 0) is 25.3 Å². The van der Waals surface area contributed by atoms with Gasteiger partial charge < -0.3 is 5.32 Å². The fourth-order valence-corrected chi connectivity index (χ4v) is 2.72. The number of aromatic nitrogens is 3. The summed E-state index contributed by atoms with van der Waals surface area (Å²) in [6.45, 7) is 3.14. The minimum atomic E-state index is 0.366. The maximum Gasteiger partial charge on any atom is 0.141 e. The molecule has 1 aliphatic rings. The van der Waals surface area contributed by atoms with E-state index in [-0.39, 0.29) is 0 Å². The van der Waals surface area contributed by atoms with Gasteiger partial charge in [-0.1, -0.05) is 32.6 Å². The first kappa shape index (κ1) is 11.6. The predicted molar refractivity (Wildman–Crippen MR) is 64.0 cm³/mol. The number of aromatic amines is 1. The van der Waals surface area contributed by atoms with Gasteiger partial charge >= 0.3 is 0 Å². The third kappa shape index (κ3) is 2.82. The largest absolute Gasteiger partial charge is 0.307 e. The molecule has 0 bridgehead atoms. The molecule has 2 N–H and O–H groups in total. The highest BCUT2D eigenvalue weighted by molar-refractivity contribution is 4.95. The zero-order chi connectivity index (χ0) is 11.2. The van der Waals surface area contributed by atoms with Crippen LogP contribution in [0, 0.1) is 5.92 Å². The summed E-state index contributed by atoms with van der Waals surface area (Å²) in [5.74, 6) is 1.73. The van der Waals surface area contributed by atoms with Gasteiger partial charge in [-0.2, -0.15) is 5.10 Å². The van der Waals surface area contributed by atoms with Crippen molar-refractivity contribution in [2.45, 2.75) is 51.5 Å². The van der Waals surface area contributed by atoms with Gasteiger partial charge in [0.2, 0.25) is 0 Å². The SMILES string of the molecule is CCNC(c1ncn[nH]1)C1CCCCCC1. The normalized spacial score (nSPS) is 20.6. The monoisotopic (exact) mass is 222 g/mol. The Morgan fingerprint density at radius 3 is 2.69 bits per heavy atom. The number of hydrogen-bond acceptors (Lipinski definition) is 3. The molecule has 4 nitrogen and oxygen atoms in total. The molecule has 1 aromatic heterocycles. The van der Waals surface area contributed by atoms with Crippen LogP contribution >= 0.6 is 0 Å². The van der Waals surface area contributed by atoms with Crippen LogP contribution in [0.5, 0.6) is 0 Å². The maximum atomic E-state index is 4.31. The van der Waals surface area contributed by atoms with E-state index in [1.807, 2.05) is 0 Å². The minimum Gasteiger partial charge on any atom is -0.307 e. The van der Waals surface area contributed by atoms with Crippen LogP contribution in [0.3, 0.4) is 0 Å². The second-order valence-electron chi connectivity index (χ2n) is 4.66. The highest BCUT2D eigenvalue weighted by Gasteiger charge is 2.25. The lowest BCUT2D eigenvalue weighted by molar-refractivity contribution is 0.319. The van der Waals surface area contributed by atoms with E-state index < -0.39 is 0 Å². The molecule has 0 spiro atoms. The molecule has 4 heteroatoms. The molecule has 0 radical (unpaired) electrons. The number of rotatable bonds is 4. The Balaban J connectivity index is 2.05. The molecule has 1 saturated carbocycles. The van der Waals surface area contributed by atoms with Crippen LogP contribution in [-0.4, -0.2) is 21.7 Å². The average Bonchev–Trinajstić information content (AvgIpc) is 2.69. The van der Waals surface area contributed by atoms with Crippen molar-refractivity contribution in [1.29, 1.82) is 0 Å². The van der Waals surface area contributed by atoms with E-state index >= 15 is 0 Å². The van der Waals surface area contributed by atoms with Crippen molar-refractivity contribution >= 4 is 0 Å². The molecule has 0 aromatic carbocycles. The molecule has 1 heterocycles. The summed E-state index contributed by atoms with van der Waals surface area (Å²) < 4.78 is 0. The summed E-state index contributed by atoms with van der Waals surface area (Å²) in [5, 5.41) is 10.5. The zero-order valence-corrected chi connectivity index (χ0v) is 10.1. The molecule has 16 heavy (non-hydrogen) atoms. The van der Waals surface area contributed by atoms with Crippen LogP contribution in [0.15, 0.2) is 6.33 Å². The fraction of sp³-hybridized carbons (Fsp3) is 0.833. The summed E-state index contributed by atoms with van der Waals surface area (Å²) >= 11 is 0. The van der Waals surface area contributed by atoms with E-state index in [0.29, 0.717) is 6.04 Å². The van der Waals surface area contributed by atoms with Crippen LogP contribution in [0.2, 0.25) is 0 Å². The third-order valence-electron chi connectivity index (χ3n) is 3.52. The Morgan fingerprint density at radius 2 is 2.12 bits per heavy atom. The number of nitrogens with zero attached hydrogens (tertiary/aromatic N) is 2. The lowest BCUT2D eigenvalue weighted by Crippen LogP contribution is -2.29. The van der Waals surface area contributed by atoms with E-state index in [0.717, 1.165) is 18.3 Å². The average molecular weight is 222 g/mol. The number of nitrogens with one attached hydrogen (secondary N) is 2. The zero-order valence-electron chi connectivity index (χ0n) is 10.1. The van der Waals surface area contributed by atoms with Crippen molar-refractivity contribution in [3.05, 3.63) is 12.2 Å². The van der Waals surface area contributed by atoms with E-state index in [1.165, 1.54) is 38.5 Å². The Morgan fingerprint density at radius 1 is 1.38 bits per heavy atom. The van der Waals surface area contributed by atoms with Gasteiger partial charge in [0.25, 0.3) is 0 Å². The van der Waals surface area contributed by atoms with Crippen LogP contribution in [0.1, 0.15) is 57.3 Å². The molecule has 1 aromatic rings. The molecule has 1 fully saturated rings. The number of hydrogen-bond donors (Lipinski definition) is 2. The van der Waals surface area contributed by atoms with Gasteiger partial charge in [-0.15, -0.1) is 0 Å². The standard InChI is InChI=1S/C12H22N4/c1-2-13-11(12-14-9-15-16-12)10-7-5-3-4-6-8-10/h9-11,13H,2-8H2,1H3,(H,14,15,16). The van der Waals surface area contributed by atoms with Gasteiger partial charge in [0.05, 0.1) is 6.04 Å². The first-order chi connectivity index (χ1) is 7.92. The second-order valence-corrected chi connectivity index (χ2v) is 4.66. The highest BCUT2D eigenvalue weighted by atomic mass is 15.2. The molecule has 2 rings (SSSR count). The van der Waals surface area contributed by atoms with Gasteiger partial charge in [-0.3, -0.25) is 5.10 Å². The summed E-state index contributed by atoms with van der Waals surface area (Å²) in [6, 6.07) is 0.366. The Hall–Kier alpha value is -0.900. The van der Waals surface area contributed by atoms with Crippen molar-refractivity contribution in [2.24, 2.45) is 5.92 Å². The molecular weight excluding hydrogens is 200 g/mol. The topological polar surface area (TPSA) is 53.6 Å². The summed E-state index contributed by atoms with van der Waals surface area (Å²) in [4.78, 5) is 4.31. The first-order valence-corrected chi connectivity index (χ1v) is 6.50. The van der Waals surface area contributed by atoms with Gasteiger partial charge in [0, 0.05) is 0 Å². The maximum absolute atomic E-state index is 4.31. The van der Waals surface area contributed by atoms with Crippen molar-refractivity contribution in [3.8, 4) is 0 Å². The Kier molecular flexibility index (Phi) is 4.34. The Bertz CT molecular complexity index is 275. The quantitative estimate of drug-likeness (QED) is 0.769. The lowest BCUT2D eigenvalue weighted by Gasteiger charge is -2.24. The van der Waals surface area contributed by atoms with E-state index in [9.17, 15) is 0 Å². The van der Waals surface area contributed by atoms with Gasteiger partial charge in [-0.25, -0.2) is 4.98 Å². The third-order valence-corrected chi connectivity index (χ3v) is 3.52. The van der Waals surface area contributed by atoms with Crippen molar-refractivity contribution in [3.63, 3.8) is 0 Å². The van der Waals surface area contributed by atoms with Gasteiger partial charge in [0.1, 0.15) is 12.2 Å². The van der Waals surface area contributed by atoms with Crippen LogP contribution in [-0.2, 0) is 0 Å². The molecule has 1 unspecified atom stereocenters. The van der Waals surface area contributed by atoms with Crippen molar-refractivity contribution in [1.82, 2.24) is 20.5 Å². The summed E-state index contributed by atoms with van der Waals surface area (Å²) in [5.41, 5.74) is 0. The molecule has 1 atom stereocenters. The van der Waals surface area contributed by atoms with Crippen molar-refractivity contribution < 1.29 is 0 Å².